The topological polar surface area (TPSA) is 34.1 Å². The normalized spacial score (nSPS) is 11.5. The van der Waals surface area contributed by atoms with Crippen LogP contribution in [0.5, 0.6) is 0 Å². The van der Waals surface area contributed by atoms with Crippen LogP contribution in [0.2, 0.25) is 0 Å². The van der Waals surface area contributed by atoms with Gasteiger partial charge in [0.25, 0.3) is 0 Å². The molecule has 4 heteroatoms. The van der Waals surface area contributed by atoms with Crippen molar-refractivity contribution < 1.29 is 8.42 Å². The van der Waals surface area contributed by atoms with Crippen LogP contribution < -0.4 is 0 Å². The molecule has 0 bridgehead atoms. The van der Waals surface area contributed by atoms with Gasteiger partial charge >= 0.3 is 0 Å². The molecule has 0 atom stereocenters. The van der Waals surface area contributed by atoms with Crippen molar-refractivity contribution >= 4 is 32.4 Å². The summed E-state index contributed by atoms with van der Waals surface area (Å²) in [4.78, 5) is 0. The zero-order valence-electron chi connectivity index (χ0n) is 7.33. The van der Waals surface area contributed by atoms with Crippen molar-refractivity contribution in [2.45, 2.75) is 12.7 Å². The van der Waals surface area contributed by atoms with Gasteiger partial charge in [0, 0.05) is 9.32 Å². The van der Waals surface area contributed by atoms with E-state index in [0.29, 0.717) is 0 Å². The first-order valence-corrected chi connectivity index (χ1v) is 6.88. The van der Waals surface area contributed by atoms with E-state index < -0.39 is 9.84 Å². The highest BCUT2D eigenvalue weighted by molar-refractivity contribution is 14.1. The molecule has 0 aliphatic heterocycles. The minimum Gasteiger partial charge on any atom is -0.229 e. The maximum atomic E-state index is 11.3. The molecule has 0 saturated carbocycles. The van der Waals surface area contributed by atoms with E-state index in [4.69, 9.17) is 0 Å². The third-order valence-electron chi connectivity index (χ3n) is 1.74. The Kier molecular flexibility index (Phi) is 3.73. The molecule has 0 fully saturated rings. The quantitative estimate of drug-likeness (QED) is 0.802. The zero-order chi connectivity index (χ0) is 9.90. The minimum atomic E-state index is -2.89. The van der Waals surface area contributed by atoms with Crippen molar-refractivity contribution in [3.63, 3.8) is 0 Å². The molecular formula is C9H11IO2S. The summed E-state index contributed by atoms with van der Waals surface area (Å²) in [6, 6.07) is 7.55. The van der Waals surface area contributed by atoms with Gasteiger partial charge in [0.2, 0.25) is 0 Å². The summed E-state index contributed by atoms with van der Waals surface area (Å²) < 4.78 is 23.6. The molecule has 2 nitrogen and oxygen atoms in total. The molecule has 72 valence electrons. The molecule has 0 radical (unpaired) electrons. The van der Waals surface area contributed by atoms with Crippen LogP contribution in [0.25, 0.3) is 0 Å². The monoisotopic (exact) mass is 310 g/mol. The van der Waals surface area contributed by atoms with E-state index in [1.165, 1.54) is 0 Å². The summed E-state index contributed by atoms with van der Waals surface area (Å²) in [5.74, 6) is 0.361. The molecule has 13 heavy (non-hydrogen) atoms. The average Bonchev–Trinajstić information content (AvgIpc) is 2.09. The van der Waals surface area contributed by atoms with Crippen LogP contribution in [-0.2, 0) is 15.6 Å². The number of halogens is 1. The fourth-order valence-corrected chi connectivity index (χ4v) is 2.20. The number of benzene rings is 1. The third-order valence-corrected chi connectivity index (χ3v) is 4.11. The molecule has 0 aromatic heterocycles. The predicted molar refractivity (Wildman–Crippen MR) is 62.3 cm³/mol. The number of rotatable bonds is 3. The van der Waals surface area contributed by atoms with Crippen LogP contribution in [0.4, 0.5) is 0 Å². The molecule has 0 saturated heterocycles. The molecule has 1 aromatic carbocycles. The highest BCUT2D eigenvalue weighted by atomic mass is 127. The fraction of sp³-hybridized carbons (Fsp3) is 0.333. The van der Waals surface area contributed by atoms with E-state index in [0.717, 1.165) is 9.13 Å². The molecule has 0 unspecified atom stereocenters. The van der Waals surface area contributed by atoms with Crippen molar-refractivity contribution in [3.05, 3.63) is 33.4 Å². The van der Waals surface area contributed by atoms with E-state index in [1.54, 1.807) is 6.92 Å². The van der Waals surface area contributed by atoms with Gasteiger partial charge in [0.05, 0.1) is 5.75 Å². The molecular weight excluding hydrogens is 299 g/mol. The minimum absolute atomic E-state index is 0.153. The third kappa shape index (κ3) is 3.64. The van der Waals surface area contributed by atoms with Gasteiger partial charge < -0.3 is 0 Å². The van der Waals surface area contributed by atoms with Gasteiger partial charge in [-0.2, -0.15) is 0 Å². The van der Waals surface area contributed by atoms with Crippen LogP contribution in [-0.4, -0.2) is 14.2 Å². The van der Waals surface area contributed by atoms with Crippen LogP contribution in [0.1, 0.15) is 12.5 Å². The lowest BCUT2D eigenvalue weighted by molar-refractivity contribution is 0.596. The smallest absolute Gasteiger partial charge is 0.154 e. The second kappa shape index (κ2) is 4.41. The fourth-order valence-electron chi connectivity index (χ4n) is 0.937. The maximum Gasteiger partial charge on any atom is 0.154 e. The SMILES string of the molecule is CCS(=O)(=O)Cc1ccc(I)cc1. The lowest BCUT2D eigenvalue weighted by Crippen LogP contribution is -2.06. The molecule has 1 rings (SSSR count). The Morgan fingerprint density at radius 1 is 1.23 bits per heavy atom. The van der Waals surface area contributed by atoms with Gasteiger partial charge in [-0.25, -0.2) is 8.42 Å². The standard InChI is InChI=1S/C9H11IO2S/c1-2-13(11,12)7-8-3-5-9(10)6-4-8/h3-6H,2,7H2,1H3. The summed E-state index contributed by atoms with van der Waals surface area (Å²) in [6.45, 7) is 1.67. The Hall–Kier alpha value is -0.100. The zero-order valence-corrected chi connectivity index (χ0v) is 10.3. The first-order valence-electron chi connectivity index (χ1n) is 3.98. The molecule has 0 N–H and O–H groups in total. The van der Waals surface area contributed by atoms with Crippen LogP contribution in [0.15, 0.2) is 24.3 Å². The van der Waals surface area contributed by atoms with Gasteiger partial charge in [-0.15, -0.1) is 0 Å². The Bertz CT molecular complexity index is 367. The Labute approximate surface area is 92.4 Å². The van der Waals surface area contributed by atoms with Gasteiger partial charge in [0.1, 0.15) is 0 Å². The molecule has 0 heterocycles. The van der Waals surface area contributed by atoms with Gasteiger partial charge in [-0.1, -0.05) is 19.1 Å². The van der Waals surface area contributed by atoms with E-state index in [-0.39, 0.29) is 11.5 Å². The summed E-state index contributed by atoms with van der Waals surface area (Å²) in [6.07, 6.45) is 0. The summed E-state index contributed by atoms with van der Waals surface area (Å²) in [7, 11) is -2.89. The van der Waals surface area contributed by atoms with E-state index >= 15 is 0 Å². The van der Waals surface area contributed by atoms with Crippen LogP contribution in [0.3, 0.4) is 0 Å². The summed E-state index contributed by atoms with van der Waals surface area (Å²) >= 11 is 2.19. The average molecular weight is 310 g/mol. The van der Waals surface area contributed by atoms with E-state index in [9.17, 15) is 8.42 Å². The number of hydrogen-bond acceptors (Lipinski definition) is 2. The van der Waals surface area contributed by atoms with Gasteiger partial charge in [0.15, 0.2) is 9.84 Å². The van der Waals surface area contributed by atoms with Gasteiger partial charge in [-0.05, 0) is 40.3 Å². The Morgan fingerprint density at radius 3 is 2.23 bits per heavy atom. The van der Waals surface area contributed by atoms with Gasteiger partial charge in [-0.3, -0.25) is 0 Å². The summed E-state index contributed by atoms with van der Waals surface area (Å²) in [5, 5.41) is 0. The molecule has 0 aliphatic rings. The predicted octanol–water partition coefficient (Wildman–Crippen LogP) is 2.23. The van der Waals surface area contributed by atoms with Crippen molar-refractivity contribution in [2.75, 3.05) is 5.75 Å². The van der Waals surface area contributed by atoms with Crippen molar-refractivity contribution in [1.29, 1.82) is 0 Å². The molecule has 1 aromatic rings. The van der Waals surface area contributed by atoms with Crippen LogP contribution in [0, 0.1) is 3.57 Å². The molecule has 0 amide bonds. The Morgan fingerprint density at radius 2 is 1.77 bits per heavy atom. The number of hydrogen-bond donors (Lipinski definition) is 0. The van der Waals surface area contributed by atoms with Crippen molar-refractivity contribution in [1.82, 2.24) is 0 Å². The largest absolute Gasteiger partial charge is 0.229 e. The summed E-state index contributed by atoms with van der Waals surface area (Å²) in [5.41, 5.74) is 0.863. The highest BCUT2D eigenvalue weighted by Gasteiger charge is 2.07. The maximum absolute atomic E-state index is 11.3. The van der Waals surface area contributed by atoms with E-state index in [1.807, 2.05) is 24.3 Å². The van der Waals surface area contributed by atoms with E-state index in [2.05, 4.69) is 22.6 Å². The second-order valence-corrected chi connectivity index (χ2v) is 6.40. The lowest BCUT2D eigenvalue weighted by atomic mass is 10.2. The molecule has 0 spiro atoms. The highest BCUT2D eigenvalue weighted by Crippen LogP contribution is 2.10. The first kappa shape index (κ1) is 11.0. The first-order chi connectivity index (χ1) is 6.03. The lowest BCUT2D eigenvalue weighted by Gasteiger charge is -2.01. The van der Waals surface area contributed by atoms with Crippen molar-refractivity contribution in [3.8, 4) is 0 Å². The van der Waals surface area contributed by atoms with Crippen molar-refractivity contribution in [2.24, 2.45) is 0 Å². The Balaban J connectivity index is 2.82. The number of sulfone groups is 1. The molecule has 0 aliphatic carbocycles. The van der Waals surface area contributed by atoms with Crippen LogP contribution >= 0.6 is 22.6 Å². The second-order valence-electron chi connectivity index (χ2n) is 2.80.